The summed E-state index contributed by atoms with van der Waals surface area (Å²) >= 11 is 0. The third kappa shape index (κ3) is 2.99. The molecule has 0 radical (unpaired) electrons. The van der Waals surface area contributed by atoms with Gasteiger partial charge in [-0.15, -0.1) is 0 Å². The molecule has 6 nitrogen and oxygen atoms in total. The summed E-state index contributed by atoms with van der Waals surface area (Å²) in [6.45, 7) is 7.60. The van der Waals surface area contributed by atoms with Gasteiger partial charge in [-0.1, -0.05) is 32.0 Å². The fourth-order valence-corrected chi connectivity index (χ4v) is 4.18. The van der Waals surface area contributed by atoms with Gasteiger partial charge in [0.05, 0.1) is 12.2 Å². The minimum absolute atomic E-state index is 0.0127. The number of nitrogens with zero attached hydrogens (tertiary/aromatic N) is 3. The number of amides is 2. The summed E-state index contributed by atoms with van der Waals surface area (Å²) in [6.07, 6.45) is 2.70. The van der Waals surface area contributed by atoms with Crippen molar-refractivity contribution < 1.29 is 4.79 Å². The number of nitrogens with one attached hydrogen (secondary N) is 2. The molecule has 142 valence electrons. The number of carbonyl (C=O) groups excluding carboxylic acids is 1. The maximum Gasteiger partial charge on any atom is 0.318 e. The summed E-state index contributed by atoms with van der Waals surface area (Å²) < 4.78 is 1.83. The first-order valence-electron chi connectivity index (χ1n) is 9.58. The average Bonchev–Trinajstić information content (AvgIpc) is 3.19. The Hall–Kier alpha value is -2.76. The van der Waals surface area contributed by atoms with Crippen molar-refractivity contribution in [3.8, 4) is 0 Å². The Bertz CT molecular complexity index is 984. The van der Waals surface area contributed by atoms with Crippen LogP contribution in [-0.4, -0.2) is 32.2 Å². The number of aromatic amines is 1. The third-order valence-corrected chi connectivity index (χ3v) is 5.74. The van der Waals surface area contributed by atoms with Gasteiger partial charge in [0.15, 0.2) is 0 Å². The number of aromatic nitrogens is 3. The molecule has 0 saturated heterocycles. The molecular formula is C21H27N5O. The maximum atomic E-state index is 13.0. The Kier molecular flexibility index (Phi) is 4.42. The molecule has 0 aliphatic carbocycles. The Morgan fingerprint density at radius 3 is 2.85 bits per heavy atom. The van der Waals surface area contributed by atoms with E-state index in [0.29, 0.717) is 12.5 Å². The molecule has 0 unspecified atom stereocenters. The van der Waals surface area contributed by atoms with Crippen LogP contribution in [0.15, 0.2) is 30.5 Å². The first-order chi connectivity index (χ1) is 13.0. The maximum absolute atomic E-state index is 13.0. The lowest BCUT2D eigenvalue weighted by Crippen LogP contribution is -2.47. The first-order valence-corrected chi connectivity index (χ1v) is 9.58. The number of fused-ring (bicyclic) bond motifs is 3. The third-order valence-electron chi connectivity index (χ3n) is 5.74. The van der Waals surface area contributed by atoms with Crippen LogP contribution in [0.1, 0.15) is 42.4 Å². The molecule has 0 bridgehead atoms. The highest BCUT2D eigenvalue weighted by molar-refractivity contribution is 5.86. The van der Waals surface area contributed by atoms with Crippen LogP contribution in [0.5, 0.6) is 0 Å². The van der Waals surface area contributed by atoms with Crippen LogP contribution in [0.3, 0.4) is 0 Å². The summed E-state index contributed by atoms with van der Waals surface area (Å²) in [6, 6.07) is 8.45. The van der Waals surface area contributed by atoms with Gasteiger partial charge in [0.2, 0.25) is 0 Å². The van der Waals surface area contributed by atoms with Crippen LogP contribution in [0.25, 0.3) is 10.9 Å². The van der Waals surface area contributed by atoms with E-state index in [2.05, 4.69) is 53.5 Å². The lowest BCUT2D eigenvalue weighted by atomic mass is 9.90. The van der Waals surface area contributed by atoms with Gasteiger partial charge in [-0.05, 0) is 30.9 Å². The predicted octanol–water partition coefficient (Wildman–Crippen LogP) is 3.67. The van der Waals surface area contributed by atoms with Crippen molar-refractivity contribution >= 4 is 16.9 Å². The monoisotopic (exact) mass is 365 g/mol. The second-order valence-electron chi connectivity index (χ2n) is 7.73. The number of benzene rings is 1. The predicted molar refractivity (Wildman–Crippen MR) is 106 cm³/mol. The largest absolute Gasteiger partial charge is 0.356 e. The van der Waals surface area contributed by atoms with E-state index < -0.39 is 0 Å². The van der Waals surface area contributed by atoms with E-state index >= 15 is 0 Å². The molecular weight excluding hydrogens is 338 g/mol. The van der Waals surface area contributed by atoms with Crippen LogP contribution in [0.2, 0.25) is 0 Å². The zero-order chi connectivity index (χ0) is 19.1. The van der Waals surface area contributed by atoms with E-state index in [9.17, 15) is 4.79 Å². The van der Waals surface area contributed by atoms with Gasteiger partial charge in [-0.3, -0.25) is 4.68 Å². The Labute approximate surface area is 159 Å². The van der Waals surface area contributed by atoms with Crippen molar-refractivity contribution in [1.82, 2.24) is 25.0 Å². The molecule has 3 aromatic rings. The smallest absolute Gasteiger partial charge is 0.318 e. The molecule has 1 aliphatic rings. The Morgan fingerprint density at radius 1 is 1.37 bits per heavy atom. The van der Waals surface area contributed by atoms with Gasteiger partial charge < -0.3 is 15.2 Å². The SMILES string of the molecule is Cc1c(CNC(=O)N2CCc3c([nH]c4ccccc34)[C@@H]2C(C)C)cnn1C. The Balaban J connectivity index is 1.59. The van der Waals surface area contributed by atoms with E-state index in [1.54, 1.807) is 0 Å². The molecule has 0 saturated carbocycles. The number of carbonyl (C=O) groups is 1. The lowest BCUT2D eigenvalue weighted by Gasteiger charge is -2.38. The number of urea groups is 1. The number of H-pyrrole nitrogens is 1. The standard InChI is InChI=1S/C21H27N5O/c1-13(2)20-19-17(16-7-5-6-8-18(16)24-19)9-10-26(20)21(27)22-11-15-12-23-25(4)14(15)3/h5-8,12-13,20,24H,9-11H2,1-4H3,(H,22,27)/t20-/m0/s1. The zero-order valence-electron chi connectivity index (χ0n) is 16.4. The van der Waals surface area contributed by atoms with E-state index in [1.165, 1.54) is 16.6 Å². The van der Waals surface area contributed by atoms with E-state index in [0.717, 1.165) is 29.7 Å². The highest BCUT2D eigenvalue weighted by Crippen LogP contribution is 2.38. The summed E-state index contributed by atoms with van der Waals surface area (Å²) in [5.74, 6) is 0.322. The highest BCUT2D eigenvalue weighted by atomic mass is 16.2. The Morgan fingerprint density at radius 2 is 2.15 bits per heavy atom. The molecule has 1 atom stereocenters. The van der Waals surface area contributed by atoms with Crippen molar-refractivity contribution in [2.75, 3.05) is 6.54 Å². The second-order valence-corrected chi connectivity index (χ2v) is 7.73. The van der Waals surface area contributed by atoms with E-state index in [-0.39, 0.29) is 12.1 Å². The van der Waals surface area contributed by atoms with Gasteiger partial charge >= 0.3 is 6.03 Å². The molecule has 0 spiro atoms. The average molecular weight is 365 g/mol. The van der Waals surface area contributed by atoms with E-state index in [4.69, 9.17) is 0 Å². The molecule has 4 rings (SSSR count). The number of hydrogen-bond acceptors (Lipinski definition) is 2. The normalized spacial score (nSPS) is 16.8. The summed E-state index contributed by atoms with van der Waals surface area (Å²) in [5.41, 5.74) is 5.82. The van der Waals surface area contributed by atoms with Crippen LogP contribution in [-0.2, 0) is 20.0 Å². The van der Waals surface area contributed by atoms with Crippen LogP contribution < -0.4 is 5.32 Å². The van der Waals surface area contributed by atoms with Crippen LogP contribution in [0, 0.1) is 12.8 Å². The van der Waals surface area contributed by atoms with Crippen LogP contribution in [0.4, 0.5) is 4.79 Å². The molecule has 2 amide bonds. The fourth-order valence-electron chi connectivity index (χ4n) is 4.18. The summed E-state index contributed by atoms with van der Waals surface area (Å²) in [4.78, 5) is 18.6. The molecule has 1 aromatic carbocycles. The molecule has 1 aliphatic heterocycles. The second kappa shape index (κ2) is 6.76. The van der Waals surface area contributed by atoms with Crippen LogP contribution >= 0.6 is 0 Å². The van der Waals surface area contributed by atoms with Crippen molar-refractivity contribution in [1.29, 1.82) is 0 Å². The first kappa shape index (κ1) is 17.6. The number of para-hydroxylation sites is 1. The molecule has 27 heavy (non-hydrogen) atoms. The molecule has 2 aromatic heterocycles. The van der Waals surface area contributed by atoms with Gasteiger partial charge in [0, 0.05) is 48.0 Å². The number of rotatable bonds is 3. The molecule has 2 N–H and O–H groups in total. The number of hydrogen-bond donors (Lipinski definition) is 2. The minimum Gasteiger partial charge on any atom is -0.356 e. The van der Waals surface area contributed by atoms with Gasteiger partial charge in [0.25, 0.3) is 0 Å². The summed E-state index contributed by atoms with van der Waals surface area (Å²) in [5, 5.41) is 8.62. The van der Waals surface area contributed by atoms with Gasteiger partial charge in [0.1, 0.15) is 0 Å². The molecule has 6 heteroatoms. The molecule has 0 fully saturated rings. The summed E-state index contributed by atoms with van der Waals surface area (Å²) in [7, 11) is 1.91. The van der Waals surface area contributed by atoms with E-state index in [1.807, 2.05) is 29.7 Å². The van der Waals surface area contributed by atoms with Crippen molar-refractivity contribution in [3.05, 3.63) is 53.0 Å². The zero-order valence-corrected chi connectivity index (χ0v) is 16.4. The topological polar surface area (TPSA) is 66.0 Å². The molecule has 3 heterocycles. The highest BCUT2D eigenvalue weighted by Gasteiger charge is 2.35. The van der Waals surface area contributed by atoms with Crippen molar-refractivity contribution in [3.63, 3.8) is 0 Å². The van der Waals surface area contributed by atoms with Gasteiger partial charge in [-0.2, -0.15) is 5.10 Å². The fraction of sp³-hybridized carbons (Fsp3) is 0.429. The van der Waals surface area contributed by atoms with Crippen molar-refractivity contribution in [2.24, 2.45) is 13.0 Å². The number of aryl methyl sites for hydroxylation is 1. The minimum atomic E-state index is -0.0127. The van der Waals surface area contributed by atoms with Gasteiger partial charge in [-0.25, -0.2) is 4.79 Å². The lowest BCUT2D eigenvalue weighted by molar-refractivity contribution is 0.146. The quantitative estimate of drug-likeness (QED) is 0.744. The van der Waals surface area contributed by atoms with Crippen molar-refractivity contribution in [2.45, 2.75) is 39.8 Å².